The maximum Gasteiger partial charge on any atom is 0.320 e. The van der Waals surface area contributed by atoms with Crippen LogP contribution in [0.5, 0.6) is 0 Å². The van der Waals surface area contributed by atoms with E-state index in [2.05, 4.69) is 11.9 Å². The number of hydrogen-bond acceptors (Lipinski definition) is 5. The molecule has 0 aliphatic rings. The molecule has 0 amide bonds. The lowest BCUT2D eigenvalue weighted by atomic mass is 10.1. The summed E-state index contributed by atoms with van der Waals surface area (Å²) < 4.78 is 1.95. The van der Waals surface area contributed by atoms with Crippen LogP contribution in [0.15, 0.2) is 12.4 Å². The summed E-state index contributed by atoms with van der Waals surface area (Å²) in [5.41, 5.74) is 16.2. The number of hydrogen-bond donors (Lipinski definition) is 4. The number of rotatable bonds is 7. The van der Waals surface area contributed by atoms with Gasteiger partial charge in [-0.15, -0.1) is 0 Å². The maximum absolute atomic E-state index is 10.1. The van der Waals surface area contributed by atoms with Crippen molar-refractivity contribution in [3.8, 4) is 0 Å². The van der Waals surface area contributed by atoms with Gasteiger partial charge >= 0.3 is 5.97 Å². The van der Waals surface area contributed by atoms with Gasteiger partial charge in [0.15, 0.2) is 0 Å². The zero-order valence-corrected chi connectivity index (χ0v) is 12.3. The monoisotopic (exact) mass is 285 g/mol. The molecular weight excluding hydrogens is 258 g/mol. The van der Waals surface area contributed by atoms with E-state index in [0.29, 0.717) is 13.0 Å². The van der Waals surface area contributed by atoms with E-state index in [9.17, 15) is 4.79 Å². The number of nitrogens with zero attached hydrogens (tertiary/aromatic N) is 2. The zero-order valence-electron chi connectivity index (χ0n) is 12.3. The molecule has 0 fully saturated rings. The number of carboxylic acids is 1. The lowest BCUT2D eigenvalue weighted by molar-refractivity contribution is -0.138. The van der Waals surface area contributed by atoms with Crippen LogP contribution in [0.4, 0.5) is 0 Å². The van der Waals surface area contributed by atoms with Gasteiger partial charge in [-0.05, 0) is 25.8 Å². The van der Waals surface area contributed by atoms with Crippen LogP contribution >= 0.6 is 0 Å². The summed E-state index contributed by atoms with van der Waals surface area (Å²) in [7, 11) is 1.96. The van der Waals surface area contributed by atoms with E-state index < -0.39 is 12.0 Å². The Morgan fingerprint density at radius 3 is 2.50 bits per heavy atom. The van der Waals surface area contributed by atoms with Crippen molar-refractivity contribution >= 4 is 5.97 Å². The third-order valence-electron chi connectivity index (χ3n) is 2.92. The second-order valence-corrected chi connectivity index (χ2v) is 4.64. The van der Waals surface area contributed by atoms with E-state index in [1.54, 1.807) is 6.20 Å². The summed E-state index contributed by atoms with van der Waals surface area (Å²) in [4.78, 5) is 14.3. The van der Waals surface area contributed by atoms with Crippen molar-refractivity contribution < 1.29 is 9.90 Å². The van der Waals surface area contributed by atoms with Crippen molar-refractivity contribution in [2.24, 2.45) is 24.2 Å². The highest BCUT2D eigenvalue weighted by Gasteiger charge is 2.09. The number of imidazole rings is 1. The lowest BCUT2D eigenvalue weighted by Crippen LogP contribution is -2.29. The molecule has 0 aromatic carbocycles. The van der Waals surface area contributed by atoms with Crippen LogP contribution in [0.25, 0.3) is 0 Å². The summed E-state index contributed by atoms with van der Waals surface area (Å²) >= 11 is 0. The smallest absolute Gasteiger partial charge is 0.320 e. The van der Waals surface area contributed by atoms with Gasteiger partial charge in [0, 0.05) is 19.4 Å². The second kappa shape index (κ2) is 10.4. The number of aliphatic carboxylic acids is 1. The van der Waals surface area contributed by atoms with E-state index in [4.69, 9.17) is 22.3 Å². The van der Waals surface area contributed by atoms with Crippen molar-refractivity contribution in [3.63, 3.8) is 0 Å². The van der Waals surface area contributed by atoms with Crippen molar-refractivity contribution in [3.05, 3.63) is 18.2 Å². The Hall–Kier alpha value is -1.44. The van der Waals surface area contributed by atoms with E-state index in [1.807, 2.05) is 17.8 Å². The number of aryl methyl sites for hydroxylation is 1. The molecule has 0 radical (unpaired) electrons. The molecule has 0 saturated carbocycles. The number of nitrogens with two attached hydrogens (primary N) is 3. The Morgan fingerprint density at radius 2 is 2.10 bits per heavy atom. The molecule has 0 bridgehead atoms. The predicted octanol–water partition coefficient (Wildman–Crippen LogP) is 0.357. The minimum atomic E-state index is -0.933. The number of carbonyl (C=O) groups is 1. The topological polar surface area (TPSA) is 133 Å². The Labute approximate surface area is 120 Å². The molecule has 0 saturated heterocycles. The van der Waals surface area contributed by atoms with Gasteiger partial charge in [-0.1, -0.05) is 13.3 Å². The number of carboxylic acid groups (broad SMARTS) is 1. The Kier molecular flexibility index (Phi) is 9.61. The summed E-state index contributed by atoms with van der Waals surface area (Å²) in [5.74, 6) is 0.0273. The molecule has 1 aromatic heterocycles. The van der Waals surface area contributed by atoms with Crippen LogP contribution in [0.1, 0.15) is 44.5 Å². The molecule has 2 unspecified atom stereocenters. The van der Waals surface area contributed by atoms with Crippen LogP contribution in [0.3, 0.4) is 0 Å². The van der Waals surface area contributed by atoms with E-state index in [-0.39, 0.29) is 6.04 Å². The van der Waals surface area contributed by atoms with Crippen LogP contribution in [-0.2, 0) is 11.8 Å². The minimum absolute atomic E-state index is 0.0833. The Bertz CT molecular complexity index is 381. The molecule has 0 aliphatic carbocycles. The van der Waals surface area contributed by atoms with Gasteiger partial charge in [0.1, 0.15) is 11.9 Å². The van der Waals surface area contributed by atoms with Crippen molar-refractivity contribution in [1.82, 2.24) is 9.55 Å². The first-order valence-electron chi connectivity index (χ1n) is 6.85. The van der Waals surface area contributed by atoms with Gasteiger partial charge in [0.2, 0.25) is 0 Å². The molecule has 116 valence electrons. The molecule has 7 nitrogen and oxygen atoms in total. The zero-order chi connectivity index (χ0) is 15.5. The Balaban J connectivity index is 0.000000361. The van der Waals surface area contributed by atoms with Gasteiger partial charge in [-0.3, -0.25) is 4.79 Å². The fourth-order valence-electron chi connectivity index (χ4n) is 1.55. The Morgan fingerprint density at radius 1 is 1.45 bits per heavy atom. The quantitative estimate of drug-likeness (QED) is 0.534. The van der Waals surface area contributed by atoms with Crippen LogP contribution in [0, 0.1) is 0 Å². The molecule has 0 spiro atoms. The minimum Gasteiger partial charge on any atom is -0.480 e. The van der Waals surface area contributed by atoms with E-state index in [1.165, 1.54) is 0 Å². The first-order chi connectivity index (χ1) is 9.43. The number of aromatic nitrogens is 2. The van der Waals surface area contributed by atoms with Crippen molar-refractivity contribution in [1.29, 1.82) is 0 Å². The fourth-order valence-corrected chi connectivity index (χ4v) is 1.55. The molecule has 7 heteroatoms. The summed E-state index contributed by atoms with van der Waals surface area (Å²) in [6, 6.07) is -0.633. The number of unbranched alkanes of at least 4 members (excludes halogenated alkanes) is 1. The summed E-state index contributed by atoms with van der Waals surface area (Å²) in [5, 5.41) is 8.33. The van der Waals surface area contributed by atoms with Gasteiger partial charge in [0.05, 0.1) is 6.04 Å². The molecule has 20 heavy (non-hydrogen) atoms. The maximum atomic E-state index is 10.1. The van der Waals surface area contributed by atoms with Crippen molar-refractivity contribution in [2.45, 2.75) is 44.7 Å². The highest BCUT2D eigenvalue weighted by Crippen LogP contribution is 2.08. The van der Waals surface area contributed by atoms with Gasteiger partial charge in [0.25, 0.3) is 0 Å². The largest absolute Gasteiger partial charge is 0.480 e. The normalized spacial score (nSPS) is 13.2. The third kappa shape index (κ3) is 7.22. The molecule has 1 aromatic rings. The van der Waals surface area contributed by atoms with Gasteiger partial charge < -0.3 is 26.9 Å². The second-order valence-electron chi connectivity index (χ2n) is 4.64. The highest BCUT2D eigenvalue weighted by atomic mass is 16.4. The summed E-state index contributed by atoms with van der Waals surface area (Å²) in [6.07, 6.45) is 6.78. The molecular formula is C13H27N5O2. The van der Waals surface area contributed by atoms with Gasteiger partial charge in [-0.2, -0.15) is 0 Å². The highest BCUT2D eigenvalue weighted by molar-refractivity contribution is 5.72. The van der Waals surface area contributed by atoms with Crippen LogP contribution in [0.2, 0.25) is 0 Å². The average Bonchev–Trinajstić information content (AvgIpc) is 2.85. The average molecular weight is 285 g/mol. The van der Waals surface area contributed by atoms with Crippen LogP contribution < -0.4 is 17.2 Å². The third-order valence-corrected chi connectivity index (χ3v) is 2.92. The molecule has 1 rings (SSSR count). The van der Waals surface area contributed by atoms with E-state index in [0.717, 1.165) is 25.1 Å². The molecule has 0 aliphatic heterocycles. The lowest BCUT2D eigenvalue weighted by Gasteiger charge is -2.07. The predicted molar refractivity (Wildman–Crippen MR) is 78.9 cm³/mol. The first-order valence-corrected chi connectivity index (χ1v) is 6.85. The first kappa shape index (κ1) is 18.6. The van der Waals surface area contributed by atoms with Gasteiger partial charge in [-0.25, -0.2) is 4.98 Å². The van der Waals surface area contributed by atoms with Crippen LogP contribution in [-0.4, -0.2) is 33.2 Å². The molecule has 2 atom stereocenters. The standard InChI is InChI=1S/C7H13N3.C6H14N2O2/c1-3-6(8)7-9-4-5-10(7)2;7-4-2-1-3-5(8)6(9)10/h4-6H,3,8H2,1-2H3;5H,1-4,7-8H2,(H,9,10). The fraction of sp³-hybridized carbons (Fsp3) is 0.692. The SMILES string of the molecule is CCC(N)c1nccn1C.NCCCCC(N)C(=O)O. The van der Waals surface area contributed by atoms with E-state index >= 15 is 0 Å². The van der Waals surface area contributed by atoms with Crippen molar-refractivity contribution in [2.75, 3.05) is 6.54 Å². The molecule has 1 heterocycles. The summed E-state index contributed by atoms with van der Waals surface area (Å²) in [6.45, 7) is 2.66. The molecule has 7 N–H and O–H groups in total.